The van der Waals surface area contributed by atoms with Crippen molar-refractivity contribution in [1.82, 2.24) is 14.9 Å². The normalized spacial score (nSPS) is 11.6. The Kier molecular flexibility index (Phi) is 5.97. The van der Waals surface area contributed by atoms with E-state index < -0.39 is 16.0 Å². The lowest BCUT2D eigenvalue weighted by molar-refractivity contribution is -0.137. The summed E-state index contributed by atoms with van der Waals surface area (Å²) in [7, 11) is -3.37. The lowest BCUT2D eigenvalue weighted by atomic mass is 10.1. The van der Waals surface area contributed by atoms with Gasteiger partial charge in [-0.2, -0.15) is 5.10 Å². The van der Waals surface area contributed by atoms with Gasteiger partial charge < -0.3 is 5.11 Å². The van der Waals surface area contributed by atoms with Crippen molar-refractivity contribution in [1.29, 1.82) is 0 Å². The molecule has 0 atom stereocenters. The van der Waals surface area contributed by atoms with Crippen LogP contribution in [0.25, 0.3) is 0 Å². The van der Waals surface area contributed by atoms with Gasteiger partial charge >= 0.3 is 5.97 Å². The molecule has 0 bridgehead atoms. The highest BCUT2D eigenvalue weighted by molar-refractivity contribution is 7.89. The number of rotatable bonds is 9. The average Bonchev–Trinajstić information content (AvgIpc) is 2.70. The Morgan fingerprint density at radius 2 is 2.21 bits per heavy atom. The molecule has 0 aromatic carbocycles. The third kappa shape index (κ3) is 6.35. The van der Waals surface area contributed by atoms with Crippen LogP contribution in [0, 0.1) is 6.92 Å². The molecule has 0 saturated carbocycles. The van der Waals surface area contributed by atoms with Crippen LogP contribution in [0.3, 0.4) is 0 Å². The number of carbonyl (C=O) groups is 1. The average molecular weight is 289 g/mol. The molecular formula is C11H19N3O4S. The van der Waals surface area contributed by atoms with Crippen molar-refractivity contribution < 1.29 is 18.3 Å². The number of carboxylic acids is 1. The quantitative estimate of drug-likeness (QED) is 0.571. The van der Waals surface area contributed by atoms with E-state index in [1.165, 1.54) is 0 Å². The van der Waals surface area contributed by atoms with Crippen molar-refractivity contribution in [2.75, 3.05) is 12.3 Å². The van der Waals surface area contributed by atoms with E-state index in [0.29, 0.717) is 13.0 Å². The van der Waals surface area contributed by atoms with Gasteiger partial charge in [0.15, 0.2) is 0 Å². The number of sulfonamides is 1. The van der Waals surface area contributed by atoms with Gasteiger partial charge in [0.2, 0.25) is 10.0 Å². The Labute approximate surface area is 112 Å². The molecule has 0 aliphatic heterocycles. The first-order valence-electron chi connectivity index (χ1n) is 6.09. The predicted molar refractivity (Wildman–Crippen MR) is 70.3 cm³/mol. The minimum Gasteiger partial charge on any atom is -0.481 e. The Morgan fingerprint density at radius 1 is 1.47 bits per heavy atom. The van der Waals surface area contributed by atoms with Crippen molar-refractivity contribution in [2.24, 2.45) is 0 Å². The van der Waals surface area contributed by atoms with Gasteiger partial charge in [-0.1, -0.05) is 0 Å². The lowest BCUT2D eigenvalue weighted by Gasteiger charge is -2.05. The fourth-order valence-corrected chi connectivity index (χ4v) is 2.74. The summed E-state index contributed by atoms with van der Waals surface area (Å²) in [6.45, 7) is 2.26. The minimum atomic E-state index is -3.37. The molecule has 1 rings (SSSR count). The van der Waals surface area contributed by atoms with Crippen molar-refractivity contribution in [3.63, 3.8) is 0 Å². The number of H-pyrrole nitrogens is 1. The topological polar surface area (TPSA) is 112 Å². The number of hydrogen-bond donors (Lipinski definition) is 3. The van der Waals surface area contributed by atoms with E-state index in [2.05, 4.69) is 14.9 Å². The largest absolute Gasteiger partial charge is 0.481 e. The summed E-state index contributed by atoms with van der Waals surface area (Å²) in [5, 5.41) is 15.1. The molecule has 0 saturated heterocycles. The van der Waals surface area contributed by atoms with Crippen LogP contribution in [-0.4, -0.2) is 42.0 Å². The van der Waals surface area contributed by atoms with Gasteiger partial charge in [0, 0.05) is 18.7 Å². The van der Waals surface area contributed by atoms with Crippen LogP contribution in [0.4, 0.5) is 0 Å². The first-order valence-corrected chi connectivity index (χ1v) is 7.74. The number of hydrogen-bond acceptors (Lipinski definition) is 4. The lowest BCUT2D eigenvalue weighted by Crippen LogP contribution is -2.27. The van der Waals surface area contributed by atoms with Gasteiger partial charge in [0.05, 0.1) is 11.9 Å². The molecule has 108 valence electrons. The second kappa shape index (κ2) is 7.25. The van der Waals surface area contributed by atoms with Crippen LogP contribution >= 0.6 is 0 Å². The monoisotopic (exact) mass is 289 g/mol. The van der Waals surface area contributed by atoms with Gasteiger partial charge in [0.1, 0.15) is 0 Å². The Hall–Kier alpha value is -1.41. The fraction of sp³-hybridized carbons (Fsp3) is 0.636. The predicted octanol–water partition coefficient (Wildman–Crippen LogP) is 0.435. The first kappa shape index (κ1) is 15.6. The molecule has 3 N–H and O–H groups in total. The summed E-state index contributed by atoms with van der Waals surface area (Å²) < 4.78 is 25.5. The molecule has 0 fully saturated rings. The Morgan fingerprint density at radius 3 is 2.79 bits per heavy atom. The van der Waals surface area contributed by atoms with E-state index in [0.717, 1.165) is 17.7 Å². The van der Waals surface area contributed by atoms with Crippen molar-refractivity contribution in [2.45, 2.75) is 32.6 Å². The highest BCUT2D eigenvalue weighted by atomic mass is 32.2. The number of aliphatic carboxylic acids is 1. The maximum Gasteiger partial charge on any atom is 0.303 e. The third-order valence-corrected chi connectivity index (χ3v) is 4.15. The van der Waals surface area contributed by atoms with Crippen LogP contribution in [0.15, 0.2) is 6.20 Å². The zero-order valence-electron chi connectivity index (χ0n) is 10.8. The van der Waals surface area contributed by atoms with E-state index in [9.17, 15) is 13.2 Å². The molecule has 1 aromatic rings. The number of nitrogens with zero attached hydrogens (tertiary/aromatic N) is 1. The van der Waals surface area contributed by atoms with Gasteiger partial charge in [-0.15, -0.1) is 0 Å². The molecule has 0 radical (unpaired) electrons. The minimum absolute atomic E-state index is 0.130. The molecule has 0 amide bonds. The molecule has 0 unspecified atom stereocenters. The highest BCUT2D eigenvalue weighted by Crippen LogP contribution is 2.05. The van der Waals surface area contributed by atoms with Gasteiger partial charge in [-0.25, -0.2) is 13.1 Å². The SMILES string of the molecule is Cc1[nH]ncc1CCCNS(=O)(=O)CCCC(=O)O. The Bertz CT molecular complexity index is 510. The molecule has 7 nitrogen and oxygen atoms in total. The molecule has 19 heavy (non-hydrogen) atoms. The van der Waals surface area contributed by atoms with E-state index in [-0.39, 0.29) is 18.6 Å². The number of aromatic nitrogens is 2. The van der Waals surface area contributed by atoms with Crippen molar-refractivity contribution >= 4 is 16.0 Å². The maximum absolute atomic E-state index is 11.5. The zero-order valence-corrected chi connectivity index (χ0v) is 11.7. The number of nitrogens with one attached hydrogen (secondary N) is 2. The zero-order chi connectivity index (χ0) is 14.3. The second-order valence-electron chi connectivity index (χ2n) is 4.33. The standard InChI is InChI=1S/C11H19N3O4S/c1-9-10(8-12-14-9)4-2-6-13-19(17,18)7-3-5-11(15)16/h8,13H,2-7H2,1H3,(H,12,14)(H,15,16). The van der Waals surface area contributed by atoms with E-state index in [1.807, 2.05) is 6.92 Å². The summed E-state index contributed by atoms with van der Waals surface area (Å²) in [4.78, 5) is 10.3. The van der Waals surface area contributed by atoms with E-state index in [1.54, 1.807) is 6.20 Å². The number of aryl methyl sites for hydroxylation is 2. The van der Waals surface area contributed by atoms with Gasteiger partial charge in [0.25, 0.3) is 0 Å². The highest BCUT2D eigenvalue weighted by Gasteiger charge is 2.10. The van der Waals surface area contributed by atoms with Crippen molar-refractivity contribution in [3.8, 4) is 0 Å². The van der Waals surface area contributed by atoms with Gasteiger partial charge in [-0.3, -0.25) is 9.89 Å². The van der Waals surface area contributed by atoms with Crippen LogP contribution in [0.5, 0.6) is 0 Å². The molecule has 8 heteroatoms. The molecular weight excluding hydrogens is 270 g/mol. The molecule has 0 spiro atoms. The summed E-state index contributed by atoms with van der Waals surface area (Å²) >= 11 is 0. The fourth-order valence-electron chi connectivity index (χ4n) is 1.62. The summed E-state index contributed by atoms with van der Waals surface area (Å²) in [5.74, 6) is -1.13. The second-order valence-corrected chi connectivity index (χ2v) is 6.26. The summed E-state index contributed by atoms with van der Waals surface area (Å²) in [6, 6.07) is 0. The van der Waals surface area contributed by atoms with Crippen LogP contribution in [0.2, 0.25) is 0 Å². The van der Waals surface area contributed by atoms with Crippen molar-refractivity contribution in [3.05, 3.63) is 17.5 Å². The van der Waals surface area contributed by atoms with E-state index >= 15 is 0 Å². The molecule has 1 aromatic heterocycles. The van der Waals surface area contributed by atoms with Gasteiger partial charge in [-0.05, 0) is 31.7 Å². The number of aromatic amines is 1. The van der Waals surface area contributed by atoms with Crippen LogP contribution < -0.4 is 4.72 Å². The summed E-state index contributed by atoms with van der Waals surface area (Å²) in [6.07, 6.45) is 3.16. The maximum atomic E-state index is 11.5. The molecule has 1 heterocycles. The third-order valence-electron chi connectivity index (χ3n) is 2.68. The smallest absolute Gasteiger partial charge is 0.303 e. The summed E-state index contributed by atoms with van der Waals surface area (Å²) in [5.41, 5.74) is 2.06. The van der Waals surface area contributed by atoms with Crippen LogP contribution in [-0.2, 0) is 21.2 Å². The molecule has 0 aliphatic rings. The number of carboxylic acid groups (broad SMARTS) is 1. The first-order chi connectivity index (χ1) is 8.91. The van der Waals surface area contributed by atoms with E-state index in [4.69, 9.17) is 5.11 Å². The molecule has 0 aliphatic carbocycles. The Balaban J connectivity index is 2.21. The van der Waals surface area contributed by atoms with Crippen LogP contribution in [0.1, 0.15) is 30.5 Å².